The Morgan fingerprint density at radius 3 is 2.59 bits per heavy atom. The monoisotopic (exact) mass is 483 g/mol. The number of thioether (sulfide) groups is 1. The summed E-state index contributed by atoms with van der Waals surface area (Å²) in [5.74, 6) is -1.94. The minimum atomic E-state index is -1.16. The fourth-order valence-corrected chi connectivity index (χ4v) is 4.35. The summed E-state index contributed by atoms with van der Waals surface area (Å²) in [4.78, 5) is 21.1. The van der Waals surface area contributed by atoms with Crippen LogP contribution in [0, 0.1) is 17.6 Å². The van der Waals surface area contributed by atoms with Crippen LogP contribution in [0.25, 0.3) is 0 Å². The number of nitrogens with two attached hydrogens (primary N) is 1. The highest BCUT2D eigenvalue weighted by Crippen LogP contribution is 2.48. The molecular formula is C21H24ClF2N5O2S. The Balaban J connectivity index is 0.00000363. The van der Waals surface area contributed by atoms with E-state index in [0.29, 0.717) is 5.56 Å². The Labute approximate surface area is 195 Å². The molecule has 0 aliphatic carbocycles. The lowest BCUT2D eigenvalue weighted by molar-refractivity contribution is -0.137. The van der Waals surface area contributed by atoms with Gasteiger partial charge in [0.05, 0.1) is 13.7 Å². The van der Waals surface area contributed by atoms with E-state index in [2.05, 4.69) is 15.6 Å². The number of rotatable bonds is 6. The Morgan fingerprint density at radius 1 is 1.28 bits per heavy atom. The van der Waals surface area contributed by atoms with Crippen LogP contribution in [0.2, 0.25) is 0 Å². The lowest BCUT2D eigenvalue weighted by atomic mass is 10.0. The van der Waals surface area contributed by atoms with Gasteiger partial charge >= 0.3 is 0 Å². The van der Waals surface area contributed by atoms with E-state index in [-0.39, 0.29) is 41.4 Å². The highest BCUT2D eigenvalue weighted by Gasteiger charge is 2.49. The molecule has 0 radical (unpaired) electrons. The van der Waals surface area contributed by atoms with E-state index in [1.54, 1.807) is 13.8 Å². The fourth-order valence-electron chi connectivity index (χ4n) is 3.04. The van der Waals surface area contributed by atoms with Crippen LogP contribution in [0.3, 0.4) is 0 Å². The normalized spacial score (nSPS) is 18.4. The SMILES string of the molecule is CONC(N)=NCC1(c2ccccc2)SC(c2cc(F)ccc2F)=NN1C(=O)C(C)C.Cl. The Hall–Kier alpha value is -2.69. The average molecular weight is 484 g/mol. The molecule has 11 heteroatoms. The van der Waals surface area contributed by atoms with Crippen molar-refractivity contribution in [3.8, 4) is 0 Å². The molecule has 1 heterocycles. The molecule has 0 bridgehead atoms. The average Bonchev–Trinajstić information content (AvgIpc) is 3.15. The van der Waals surface area contributed by atoms with Gasteiger partial charge < -0.3 is 5.73 Å². The van der Waals surface area contributed by atoms with Gasteiger partial charge in [-0.2, -0.15) is 5.10 Å². The number of hydroxylamine groups is 1. The molecule has 0 spiro atoms. The molecule has 3 N–H and O–H groups in total. The van der Waals surface area contributed by atoms with Gasteiger partial charge in [-0.3, -0.25) is 9.63 Å². The zero-order valence-electron chi connectivity index (χ0n) is 17.7. The van der Waals surface area contributed by atoms with Crippen LogP contribution >= 0.6 is 24.2 Å². The van der Waals surface area contributed by atoms with Crippen LogP contribution in [0.4, 0.5) is 8.78 Å². The van der Waals surface area contributed by atoms with Crippen molar-refractivity contribution in [3.05, 3.63) is 71.3 Å². The number of nitrogens with zero attached hydrogens (tertiary/aromatic N) is 3. The minimum Gasteiger partial charge on any atom is -0.368 e. The quantitative estimate of drug-likeness (QED) is 0.372. The summed E-state index contributed by atoms with van der Waals surface area (Å²) >= 11 is 1.12. The van der Waals surface area contributed by atoms with Gasteiger partial charge in [0, 0.05) is 11.5 Å². The van der Waals surface area contributed by atoms with E-state index in [0.717, 1.165) is 30.0 Å². The molecule has 0 saturated heterocycles. The van der Waals surface area contributed by atoms with Gasteiger partial charge in [0.1, 0.15) is 16.7 Å². The van der Waals surface area contributed by atoms with E-state index < -0.39 is 22.4 Å². The van der Waals surface area contributed by atoms with E-state index >= 15 is 0 Å². The maximum absolute atomic E-state index is 14.5. The first-order valence-corrected chi connectivity index (χ1v) is 10.3. The maximum Gasteiger partial charge on any atom is 0.246 e. The second-order valence-corrected chi connectivity index (χ2v) is 8.36. The van der Waals surface area contributed by atoms with Gasteiger partial charge in [-0.25, -0.2) is 24.3 Å². The van der Waals surface area contributed by atoms with Crippen molar-refractivity contribution < 1.29 is 18.4 Å². The predicted molar refractivity (Wildman–Crippen MR) is 124 cm³/mol. The Morgan fingerprint density at radius 2 is 1.97 bits per heavy atom. The lowest BCUT2D eigenvalue weighted by Gasteiger charge is -2.35. The van der Waals surface area contributed by atoms with Gasteiger partial charge in [0.25, 0.3) is 0 Å². The molecule has 2 aromatic carbocycles. The zero-order chi connectivity index (χ0) is 22.6. The predicted octanol–water partition coefficient (Wildman–Crippen LogP) is 3.60. The standard InChI is InChI=1S/C21H23F2N5O2S.ClH/c1-13(2)19(29)28-21(12-25-20(24)27-30-3,14-7-5-4-6-8-14)31-18(26-28)16-11-15(22)9-10-17(16)23;/h4-11,13H,12H2,1-3H3,(H3,24,25,27);1H. The molecule has 2 aromatic rings. The number of amides is 1. The van der Waals surface area contributed by atoms with Crippen molar-refractivity contribution in [1.82, 2.24) is 10.5 Å². The summed E-state index contributed by atoms with van der Waals surface area (Å²) in [5, 5.41) is 5.89. The van der Waals surface area contributed by atoms with Crippen LogP contribution in [0.15, 0.2) is 58.6 Å². The van der Waals surface area contributed by atoms with Gasteiger partial charge in [0.2, 0.25) is 11.9 Å². The van der Waals surface area contributed by atoms with Crippen molar-refractivity contribution >= 4 is 41.1 Å². The second-order valence-electron chi connectivity index (χ2n) is 7.09. The van der Waals surface area contributed by atoms with Gasteiger partial charge in [-0.15, -0.1) is 12.4 Å². The molecule has 1 aliphatic rings. The third kappa shape index (κ3) is 5.20. The molecule has 1 atom stereocenters. The molecule has 1 unspecified atom stereocenters. The van der Waals surface area contributed by atoms with E-state index in [4.69, 9.17) is 10.6 Å². The molecule has 0 fully saturated rings. The highest BCUT2D eigenvalue weighted by molar-refractivity contribution is 8.15. The first kappa shape index (κ1) is 25.6. The zero-order valence-corrected chi connectivity index (χ0v) is 19.3. The van der Waals surface area contributed by atoms with Gasteiger partial charge in [-0.05, 0) is 23.8 Å². The number of aliphatic imine (C=N–C) groups is 1. The van der Waals surface area contributed by atoms with Crippen LogP contribution < -0.4 is 11.2 Å². The van der Waals surface area contributed by atoms with Crippen LogP contribution in [-0.2, 0) is 14.5 Å². The van der Waals surface area contributed by atoms with Crippen LogP contribution in [0.5, 0.6) is 0 Å². The third-order valence-corrected chi connectivity index (χ3v) is 5.93. The number of hydrogen-bond donors (Lipinski definition) is 2. The van der Waals surface area contributed by atoms with E-state index in [1.807, 2.05) is 30.3 Å². The Kier molecular flexibility index (Phi) is 8.59. The summed E-state index contributed by atoms with van der Waals surface area (Å²) in [6, 6.07) is 12.2. The molecule has 1 amide bonds. The van der Waals surface area contributed by atoms with Crippen molar-refractivity contribution in [2.24, 2.45) is 21.7 Å². The van der Waals surface area contributed by atoms with Crippen molar-refractivity contribution in [2.45, 2.75) is 18.7 Å². The van der Waals surface area contributed by atoms with Crippen LogP contribution in [-0.4, -0.2) is 35.6 Å². The number of halogens is 3. The smallest absolute Gasteiger partial charge is 0.246 e. The molecule has 7 nitrogen and oxygen atoms in total. The number of nitrogens with one attached hydrogen (secondary N) is 1. The number of carbonyl (C=O) groups excluding carboxylic acids is 1. The summed E-state index contributed by atoms with van der Waals surface area (Å²) in [6.07, 6.45) is 0. The van der Waals surface area contributed by atoms with E-state index in [1.165, 1.54) is 12.1 Å². The highest BCUT2D eigenvalue weighted by atomic mass is 35.5. The number of guanidine groups is 1. The van der Waals surface area contributed by atoms with Crippen molar-refractivity contribution in [2.75, 3.05) is 13.7 Å². The molecule has 1 aliphatic heterocycles. The van der Waals surface area contributed by atoms with Gasteiger partial charge in [0.15, 0.2) is 4.87 Å². The second kappa shape index (κ2) is 10.8. The first-order valence-electron chi connectivity index (χ1n) is 9.50. The molecular weight excluding hydrogens is 460 g/mol. The molecule has 172 valence electrons. The summed E-state index contributed by atoms with van der Waals surface area (Å²) < 4.78 is 28.4. The van der Waals surface area contributed by atoms with Crippen LogP contribution in [0.1, 0.15) is 25.0 Å². The molecule has 32 heavy (non-hydrogen) atoms. The van der Waals surface area contributed by atoms with Gasteiger partial charge in [-0.1, -0.05) is 55.9 Å². The topological polar surface area (TPSA) is 92.3 Å². The summed E-state index contributed by atoms with van der Waals surface area (Å²) in [6.45, 7) is 3.47. The molecule has 0 saturated carbocycles. The number of hydrogen-bond acceptors (Lipinski definition) is 5. The number of carbonyl (C=O) groups is 1. The maximum atomic E-state index is 14.5. The van der Waals surface area contributed by atoms with Crippen molar-refractivity contribution in [3.63, 3.8) is 0 Å². The first-order chi connectivity index (χ1) is 14.8. The Bertz CT molecular complexity index is 1020. The number of benzene rings is 2. The van der Waals surface area contributed by atoms with E-state index in [9.17, 15) is 13.6 Å². The van der Waals surface area contributed by atoms with Crippen molar-refractivity contribution in [1.29, 1.82) is 0 Å². The summed E-state index contributed by atoms with van der Waals surface area (Å²) in [5.41, 5.74) is 8.93. The largest absolute Gasteiger partial charge is 0.368 e. The minimum absolute atomic E-state index is 0. The molecule has 0 aromatic heterocycles. The number of hydrazone groups is 1. The third-order valence-electron chi connectivity index (χ3n) is 4.56. The lowest BCUT2D eigenvalue weighted by Crippen LogP contribution is -2.46. The molecule has 3 rings (SSSR count). The summed E-state index contributed by atoms with van der Waals surface area (Å²) in [7, 11) is 1.39. The fraction of sp³-hybridized carbons (Fsp3) is 0.286.